The largest absolute Gasteiger partial charge is 0.320 e. The van der Waals surface area contributed by atoms with Crippen molar-refractivity contribution in [3.05, 3.63) is 12.2 Å². The molecule has 0 radical (unpaired) electrons. The predicted molar refractivity (Wildman–Crippen MR) is 39.7 cm³/mol. The van der Waals surface area contributed by atoms with Gasteiger partial charge in [0.15, 0.2) is 0 Å². The average Bonchev–Trinajstić information content (AvgIpc) is 2.27. The van der Waals surface area contributed by atoms with Crippen molar-refractivity contribution in [1.82, 2.24) is 14.8 Å². The molecule has 0 aliphatic rings. The number of aryl methyl sites for hydroxylation is 1. The average molecular weight is 142 g/mol. The van der Waals surface area contributed by atoms with Crippen LogP contribution in [0.5, 0.6) is 0 Å². The fourth-order valence-corrected chi connectivity index (χ4v) is 0.746. The molecular weight excluding hydrogens is 126 g/mol. The minimum absolute atomic E-state index is 0.301. The molecular formula is C7H13N3. The van der Waals surface area contributed by atoms with Crippen LogP contribution in [0.1, 0.15) is 30.7 Å². The Bertz CT molecular complexity index is 266. The van der Waals surface area contributed by atoms with Gasteiger partial charge >= 0.3 is 0 Å². The maximum Gasteiger partial charge on any atom is 0.137 e. The molecule has 3 nitrogen and oxygen atoms in total. The maximum absolute atomic E-state index is 7.23. The van der Waals surface area contributed by atoms with Crippen LogP contribution in [0, 0.1) is 0 Å². The Kier molecular flexibility index (Phi) is 0.853. The minimum atomic E-state index is -2.19. The molecule has 0 spiro atoms. The molecule has 0 amide bonds. The number of rotatable bonds is 0. The van der Waals surface area contributed by atoms with E-state index < -0.39 is 6.98 Å². The van der Waals surface area contributed by atoms with Gasteiger partial charge in [-0.3, -0.25) is 0 Å². The molecule has 0 aromatic carbocycles. The Balaban J connectivity index is 3.19. The summed E-state index contributed by atoms with van der Waals surface area (Å²) in [6, 6.07) is 0. The first kappa shape index (κ1) is 4.11. The number of nitrogens with zero attached hydrogens (tertiary/aromatic N) is 3. The van der Waals surface area contributed by atoms with E-state index in [1.807, 2.05) is 20.8 Å². The monoisotopic (exact) mass is 142 g/mol. The van der Waals surface area contributed by atoms with Crippen LogP contribution in [0.25, 0.3) is 0 Å². The zero-order valence-corrected chi connectivity index (χ0v) is 6.42. The molecule has 1 aromatic rings. The van der Waals surface area contributed by atoms with Crippen molar-refractivity contribution in [2.24, 2.45) is 6.98 Å². The van der Waals surface area contributed by atoms with Gasteiger partial charge in [0.25, 0.3) is 0 Å². The topological polar surface area (TPSA) is 30.7 Å². The van der Waals surface area contributed by atoms with Crippen LogP contribution in [0.4, 0.5) is 0 Å². The van der Waals surface area contributed by atoms with Crippen molar-refractivity contribution in [3.8, 4) is 0 Å². The van der Waals surface area contributed by atoms with Crippen LogP contribution < -0.4 is 0 Å². The molecule has 0 saturated heterocycles. The summed E-state index contributed by atoms with van der Waals surface area (Å²) in [6.07, 6.45) is 1.24. The van der Waals surface area contributed by atoms with Crippen molar-refractivity contribution in [3.63, 3.8) is 0 Å². The van der Waals surface area contributed by atoms with Crippen molar-refractivity contribution >= 4 is 0 Å². The summed E-state index contributed by atoms with van der Waals surface area (Å²) >= 11 is 0. The third-order valence-corrected chi connectivity index (χ3v) is 1.22. The van der Waals surface area contributed by atoms with Crippen LogP contribution in [0.3, 0.4) is 0 Å². The highest BCUT2D eigenvalue weighted by Crippen LogP contribution is 2.17. The fraction of sp³-hybridized carbons (Fsp3) is 0.714. The van der Waals surface area contributed by atoms with E-state index in [4.69, 9.17) is 4.11 Å². The predicted octanol–water partition coefficient (Wildman–Crippen LogP) is 1.11. The van der Waals surface area contributed by atoms with Gasteiger partial charge in [-0.15, -0.1) is 10.2 Å². The lowest BCUT2D eigenvalue weighted by molar-refractivity contribution is 0.520. The van der Waals surface area contributed by atoms with E-state index in [-0.39, 0.29) is 5.41 Å². The lowest BCUT2D eigenvalue weighted by Crippen LogP contribution is -2.17. The highest BCUT2D eigenvalue weighted by atomic mass is 15.3. The van der Waals surface area contributed by atoms with Gasteiger partial charge in [0.2, 0.25) is 0 Å². The van der Waals surface area contributed by atoms with Crippen LogP contribution in [0.2, 0.25) is 0 Å². The Morgan fingerprint density at radius 2 is 2.30 bits per heavy atom. The van der Waals surface area contributed by atoms with E-state index in [1.165, 1.54) is 6.33 Å². The fourth-order valence-electron chi connectivity index (χ4n) is 0.746. The molecule has 1 heterocycles. The molecule has 1 aromatic heterocycles. The highest BCUT2D eigenvalue weighted by Gasteiger charge is 2.18. The molecule has 1 rings (SSSR count). The van der Waals surface area contributed by atoms with Crippen molar-refractivity contribution in [1.29, 1.82) is 0 Å². The zero-order chi connectivity index (χ0) is 10.3. The summed E-state index contributed by atoms with van der Waals surface area (Å²) < 4.78 is 22.8. The summed E-state index contributed by atoms with van der Waals surface area (Å²) in [5.74, 6) is 0.479. The van der Waals surface area contributed by atoms with Crippen LogP contribution in [0.15, 0.2) is 6.33 Å². The molecule has 0 aliphatic heterocycles. The Morgan fingerprint density at radius 1 is 1.60 bits per heavy atom. The standard InChI is InChI=1S/C7H13N3/c1-7(2,3)6-9-8-5-10(6)4/h5H,1-4H3/i4D3. The Morgan fingerprint density at radius 3 is 2.70 bits per heavy atom. The minimum Gasteiger partial charge on any atom is -0.320 e. The van der Waals surface area contributed by atoms with Crippen LogP contribution in [-0.4, -0.2) is 14.8 Å². The first-order chi connectivity index (χ1) is 5.73. The van der Waals surface area contributed by atoms with Gasteiger partial charge in [0, 0.05) is 16.5 Å². The summed E-state index contributed by atoms with van der Waals surface area (Å²) in [6.45, 7) is 3.52. The van der Waals surface area contributed by atoms with Gasteiger partial charge in [-0.2, -0.15) is 0 Å². The van der Waals surface area contributed by atoms with E-state index in [0.29, 0.717) is 5.82 Å². The number of aromatic nitrogens is 3. The van der Waals surface area contributed by atoms with Gasteiger partial charge in [0.05, 0.1) is 0 Å². The molecule has 0 aliphatic carbocycles. The zero-order valence-electron chi connectivity index (χ0n) is 9.42. The van der Waals surface area contributed by atoms with Crippen LogP contribution in [-0.2, 0) is 12.4 Å². The third kappa shape index (κ3) is 1.17. The molecule has 3 heteroatoms. The second-order valence-corrected chi connectivity index (χ2v) is 3.27. The molecule has 0 atom stereocenters. The summed E-state index contributed by atoms with van der Waals surface area (Å²) in [5.41, 5.74) is -0.301. The van der Waals surface area contributed by atoms with Crippen molar-refractivity contribution in [2.45, 2.75) is 26.2 Å². The third-order valence-electron chi connectivity index (χ3n) is 1.22. The van der Waals surface area contributed by atoms with Gasteiger partial charge in [-0.25, -0.2) is 0 Å². The Hall–Kier alpha value is -0.860. The molecule has 0 unspecified atom stereocenters. The quantitative estimate of drug-likeness (QED) is 0.543. The van der Waals surface area contributed by atoms with Gasteiger partial charge in [-0.05, 0) is 0 Å². The Labute approximate surface area is 65.3 Å². The van der Waals surface area contributed by atoms with Gasteiger partial charge in [-0.1, -0.05) is 20.8 Å². The normalized spacial score (nSPS) is 17.7. The smallest absolute Gasteiger partial charge is 0.137 e. The second kappa shape index (κ2) is 2.08. The summed E-state index contributed by atoms with van der Waals surface area (Å²) in [4.78, 5) is 0. The van der Waals surface area contributed by atoms with Crippen LogP contribution >= 0.6 is 0 Å². The summed E-state index contributed by atoms with van der Waals surface area (Å²) in [7, 11) is 0. The van der Waals surface area contributed by atoms with Crippen molar-refractivity contribution in [2.75, 3.05) is 0 Å². The van der Waals surface area contributed by atoms with E-state index >= 15 is 0 Å². The number of hydrogen-bond acceptors (Lipinski definition) is 2. The molecule has 10 heavy (non-hydrogen) atoms. The molecule has 0 bridgehead atoms. The highest BCUT2D eigenvalue weighted by molar-refractivity contribution is 4.99. The molecule has 0 fully saturated rings. The second-order valence-electron chi connectivity index (χ2n) is 3.27. The van der Waals surface area contributed by atoms with E-state index in [9.17, 15) is 0 Å². The van der Waals surface area contributed by atoms with E-state index in [0.717, 1.165) is 4.57 Å². The maximum atomic E-state index is 7.23. The SMILES string of the molecule is [2H]C([2H])([2H])n1cnnc1C(C)(C)C. The first-order valence-corrected chi connectivity index (χ1v) is 3.14. The molecule has 0 saturated carbocycles. The van der Waals surface area contributed by atoms with Gasteiger partial charge in [0.1, 0.15) is 12.2 Å². The number of hydrogen-bond donors (Lipinski definition) is 0. The van der Waals surface area contributed by atoms with E-state index in [1.54, 1.807) is 0 Å². The summed E-state index contributed by atoms with van der Waals surface area (Å²) in [5, 5.41) is 7.41. The molecule has 56 valence electrons. The first-order valence-electron chi connectivity index (χ1n) is 4.64. The molecule has 0 N–H and O–H groups in total. The van der Waals surface area contributed by atoms with Crippen molar-refractivity contribution < 1.29 is 4.11 Å². The lowest BCUT2D eigenvalue weighted by atomic mass is 9.96. The van der Waals surface area contributed by atoms with Gasteiger partial charge < -0.3 is 4.57 Å². The lowest BCUT2D eigenvalue weighted by Gasteiger charge is -2.15. The van der Waals surface area contributed by atoms with E-state index in [2.05, 4.69) is 10.2 Å².